The van der Waals surface area contributed by atoms with Crippen LogP contribution >= 0.6 is 0 Å². The van der Waals surface area contributed by atoms with Gasteiger partial charge in [-0.05, 0) is 39.7 Å². The van der Waals surface area contributed by atoms with E-state index in [2.05, 4.69) is 17.1 Å². The average Bonchev–Trinajstić information content (AvgIpc) is 2.39. The molecule has 2 atom stereocenters. The number of hydrogen-bond donors (Lipinski definition) is 1. The van der Waals surface area contributed by atoms with Gasteiger partial charge in [0.2, 0.25) is 5.91 Å². The Morgan fingerprint density at radius 3 is 2.80 bits per heavy atom. The summed E-state index contributed by atoms with van der Waals surface area (Å²) in [7, 11) is 0. The Morgan fingerprint density at radius 1 is 1.40 bits per heavy atom. The predicted octanol–water partition coefficient (Wildman–Crippen LogP) is 1.57. The molecule has 1 aliphatic rings. The van der Waals surface area contributed by atoms with Crippen molar-refractivity contribution in [3.05, 3.63) is 0 Å². The molecule has 0 aromatic rings. The molecular weight excluding hydrogens is 256 g/mol. The van der Waals surface area contributed by atoms with E-state index in [-0.39, 0.29) is 23.8 Å². The lowest BCUT2D eigenvalue weighted by Gasteiger charge is -2.31. The molecule has 20 heavy (non-hydrogen) atoms. The van der Waals surface area contributed by atoms with Gasteiger partial charge in [0.15, 0.2) is 0 Å². The topological polar surface area (TPSA) is 58.6 Å². The molecule has 0 bridgehead atoms. The van der Waals surface area contributed by atoms with Crippen molar-refractivity contribution in [2.24, 2.45) is 5.92 Å². The van der Waals surface area contributed by atoms with Gasteiger partial charge in [-0.1, -0.05) is 13.3 Å². The molecule has 5 nitrogen and oxygen atoms in total. The number of ether oxygens (including phenoxy) is 1. The van der Waals surface area contributed by atoms with E-state index in [1.165, 1.54) is 0 Å². The summed E-state index contributed by atoms with van der Waals surface area (Å²) in [5, 5.41) is 3.00. The largest absolute Gasteiger partial charge is 0.466 e. The monoisotopic (exact) mass is 284 g/mol. The van der Waals surface area contributed by atoms with Crippen LogP contribution in [0, 0.1) is 5.92 Å². The Kier molecular flexibility index (Phi) is 7.59. The van der Waals surface area contributed by atoms with Crippen LogP contribution in [0.2, 0.25) is 0 Å². The highest BCUT2D eigenvalue weighted by molar-refractivity contribution is 5.78. The number of likely N-dealkylation sites (tertiary alicyclic amines) is 1. The van der Waals surface area contributed by atoms with Crippen molar-refractivity contribution in [2.75, 3.05) is 26.2 Å². The van der Waals surface area contributed by atoms with E-state index in [0.717, 1.165) is 32.2 Å². The fourth-order valence-electron chi connectivity index (χ4n) is 2.68. The molecule has 5 heteroatoms. The maximum atomic E-state index is 11.9. The first kappa shape index (κ1) is 17.0. The molecule has 1 heterocycles. The molecule has 0 aromatic heterocycles. The first-order valence-electron chi connectivity index (χ1n) is 7.75. The normalized spacial score (nSPS) is 21.2. The van der Waals surface area contributed by atoms with Crippen molar-refractivity contribution in [1.82, 2.24) is 10.2 Å². The number of esters is 1. The van der Waals surface area contributed by atoms with Gasteiger partial charge in [0.1, 0.15) is 0 Å². The van der Waals surface area contributed by atoms with Gasteiger partial charge in [-0.3, -0.25) is 14.5 Å². The van der Waals surface area contributed by atoms with Crippen LogP contribution in [0.5, 0.6) is 0 Å². The van der Waals surface area contributed by atoms with E-state index in [1.54, 1.807) is 0 Å². The Morgan fingerprint density at radius 2 is 2.15 bits per heavy atom. The SMILES string of the molecule is CCCC(C)NC(=O)CN1CCCC(C(=O)OCC)C1. The summed E-state index contributed by atoms with van der Waals surface area (Å²) in [5.74, 6) is -0.156. The third-order valence-electron chi connectivity index (χ3n) is 3.62. The van der Waals surface area contributed by atoms with Crippen LogP contribution in [-0.4, -0.2) is 49.1 Å². The Labute approximate surface area is 122 Å². The lowest BCUT2D eigenvalue weighted by molar-refractivity contribution is -0.150. The van der Waals surface area contributed by atoms with Crippen LogP contribution in [0.25, 0.3) is 0 Å². The molecule has 0 spiro atoms. The Bertz CT molecular complexity index is 320. The zero-order valence-electron chi connectivity index (χ0n) is 13.0. The highest BCUT2D eigenvalue weighted by Crippen LogP contribution is 2.17. The maximum absolute atomic E-state index is 11.9. The molecule has 116 valence electrons. The molecule has 0 saturated carbocycles. The summed E-state index contributed by atoms with van der Waals surface area (Å²) in [5.41, 5.74) is 0. The predicted molar refractivity (Wildman–Crippen MR) is 78.3 cm³/mol. The summed E-state index contributed by atoms with van der Waals surface area (Å²) in [6.45, 7) is 8.27. The molecule has 1 rings (SSSR count). The maximum Gasteiger partial charge on any atom is 0.310 e. The lowest BCUT2D eigenvalue weighted by atomic mass is 9.98. The van der Waals surface area contributed by atoms with Crippen LogP contribution in [0.4, 0.5) is 0 Å². The van der Waals surface area contributed by atoms with Gasteiger partial charge in [-0.25, -0.2) is 0 Å². The van der Waals surface area contributed by atoms with Crippen LogP contribution < -0.4 is 5.32 Å². The summed E-state index contributed by atoms with van der Waals surface area (Å²) in [6, 6.07) is 0.221. The zero-order valence-corrected chi connectivity index (χ0v) is 13.0. The lowest BCUT2D eigenvalue weighted by Crippen LogP contribution is -2.46. The minimum Gasteiger partial charge on any atom is -0.466 e. The van der Waals surface area contributed by atoms with Crippen molar-refractivity contribution in [1.29, 1.82) is 0 Å². The van der Waals surface area contributed by atoms with Crippen molar-refractivity contribution in [3.63, 3.8) is 0 Å². The van der Waals surface area contributed by atoms with Crippen LogP contribution in [0.3, 0.4) is 0 Å². The van der Waals surface area contributed by atoms with E-state index in [4.69, 9.17) is 4.74 Å². The quantitative estimate of drug-likeness (QED) is 0.721. The zero-order chi connectivity index (χ0) is 15.0. The molecule has 0 aliphatic carbocycles. The molecule has 1 fully saturated rings. The van der Waals surface area contributed by atoms with E-state index in [1.807, 2.05) is 13.8 Å². The number of hydrogen-bond acceptors (Lipinski definition) is 4. The van der Waals surface area contributed by atoms with Gasteiger partial charge in [-0.2, -0.15) is 0 Å². The van der Waals surface area contributed by atoms with E-state index in [0.29, 0.717) is 19.7 Å². The van der Waals surface area contributed by atoms with Crippen molar-refractivity contribution >= 4 is 11.9 Å². The minimum absolute atomic E-state index is 0.0514. The van der Waals surface area contributed by atoms with Gasteiger partial charge in [0.05, 0.1) is 19.1 Å². The van der Waals surface area contributed by atoms with Gasteiger partial charge < -0.3 is 10.1 Å². The first-order valence-corrected chi connectivity index (χ1v) is 7.75. The fraction of sp³-hybridized carbons (Fsp3) is 0.867. The molecule has 1 amide bonds. The number of carbonyl (C=O) groups is 2. The highest BCUT2D eigenvalue weighted by Gasteiger charge is 2.27. The van der Waals surface area contributed by atoms with E-state index in [9.17, 15) is 9.59 Å². The van der Waals surface area contributed by atoms with Crippen molar-refractivity contribution in [3.8, 4) is 0 Å². The first-order chi connectivity index (χ1) is 9.56. The molecule has 1 saturated heterocycles. The molecule has 2 unspecified atom stereocenters. The number of rotatable bonds is 7. The molecule has 0 radical (unpaired) electrons. The van der Waals surface area contributed by atoms with Gasteiger partial charge in [-0.15, -0.1) is 0 Å². The van der Waals surface area contributed by atoms with Crippen LogP contribution in [0.15, 0.2) is 0 Å². The smallest absolute Gasteiger partial charge is 0.310 e. The number of nitrogens with one attached hydrogen (secondary N) is 1. The molecule has 1 N–H and O–H groups in total. The third kappa shape index (κ3) is 5.90. The van der Waals surface area contributed by atoms with Crippen LogP contribution in [-0.2, 0) is 14.3 Å². The standard InChI is InChI=1S/C15H28N2O3/c1-4-7-12(3)16-14(18)11-17-9-6-8-13(10-17)15(19)20-5-2/h12-13H,4-11H2,1-3H3,(H,16,18). The summed E-state index contributed by atoms with van der Waals surface area (Å²) in [6.07, 6.45) is 3.87. The second-order valence-corrected chi connectivity index (χ2v) is 5.58. The number of piperidine rings is 1. The Hall–Kier alpha value is -1.10. The fourth-order valence-corrected chi connectivity index (χ4v) is 2.68. The molecular formula is C15H28N2O3. The second-order valence-electron chi connectivity index (χ2n) is 5.58. The molecule has 1 aliphatic heterocycles. The highest BCUT2D eigenvalue weighted by atomic mass is 16.5. The van der Waals surface area contributed by atoms with Gasteiger partial charge >= 0.3 is 5.97 Å². The summed E-state index contributed by atoms with van der Waals surface area (Å²) >= 11 is 0. The number of nitrogens with zero attached hydrogens (tertiary/aromatic N) is 1. The van der Waals surface area contributed by atoms with E-state index >= 15 is 0 Å². The number of carbonyl (C=O) groups excluding carboxylic acids is 2. The summed E-state index contributed by atoms with van der Waals surface area (Å²) in [4.78, 5) is 25.7. The second kappa shape index (κ2) is 8.95. The van der Waals surface area contributed by atoms with Gasteiger partial charge in [0, 0.05) is 12.6 Å². The Balaban J connectivity index is 2.36. The third-order valence-corrected chi connectivity index (χ3v) is 3.62. The van der Waals surface area contributed by atoms with Crippen LogP contribution in [0.1, 0.15) is 46.5 Å². The van der Waals surface area contributed by atoms with Crippen molar-refractivity contribution < 1.29 is 14.3 Å². The van der Waals surface area contributed by atoms with Gasteiger partial charge in [0.25, 0.3) is 0 Å². The minimum atomic E-state index is -0.128. The number of amides is 1. The van der Waals surface area contributed by atoms with E-state index < -0.39 is 0 Å². The van der Waals surface area contributed by atoms with Crippen molar-refractivity contribution in [2.45, 2.75) is 52.5 Å². The average molecular weight is 284 g/mol. The summed E-state index contributed by atoms with van der Waals surface area (Å²) < 4.78 is 5.07. The molecule has 0 aromatic carbocycles.